The maximum atomic E-state index is 12.5. The summed E-state index contributed by atoms with van der Waals surface area (Å²) in [4.78, 5) is 19.5. The van der Waals surface area contributed by atoms with E-state index in [1.807, 2.05) is 39.8 Å². The standard InChI is InChI=1S/C20H24N4O3S/c1-12(2)26-17-7-15(5-6-16(17)8-21)18-9-22-19(28-18)23-20(25)24-10-13(3)27-14(4)11-24/h5-7,9,12-14H,10-11H2,1-4H3,(H,22,23,25)/t13-,14+. The molecule has 1 N–H and O–H groups in total. The summed E-state index contributed by atoms with van der Waals surface area (Å²) in [6.45, 7) is 8.86. The van der Waals surface area contributed by atoms with E-state index in [1.165, 1.54) is 11.3 Å². The van der Waals surface area contributed by atoms with Crippen LogP contribution in [0.4, 0.5) is 9.93 Å². The number of hydrogen-bond donors (Lipinski definition) is 1. The number of nitrogens with zero attached hydrogens (tertiary/aromatic N) is 3. The van der Waals surface area contributed by atoms with Gasteiger partial charge in [-0.25, -0.2) is 9.78 Å². The summed E-state index contributed by atoms with van der Waals surface area (Å²) in [5.74, 6) is 0.547. The molecule has 0 bridgehead atoms. The number of benzene rings is 1. The molecule has 1 aromatic carbocycles. The summed E-state index contributed by atoms with van der Waals surface area (Å²) in [6, 6.07) is 7.40. The van der Waals surface area contributed by atoms with Crippen molar-refractivity contribution >= 4 is 22.5 Å². The van der Waals surface area contributed by atoms with Gasteiger partial charge in [-0.2, -0.15) is 5.26 Å². The zero-order valence-electron chi connectivity index (χ0n) is 16.4. The first-order chi connectivity index (χ1) is 13.4. The summed E-state index contributed by atoms with van der Waals surface area (Å²) < 4.78 is 11.4. The number of carbonyl (C=O) groups is 1. The van der Waals surface area contributed by atoms with Crippen LogP contribution in [-0.2, 0) is 4.74 Å². The fraction of sp³-hybridized carbons (Fsp3) is 0.450. The van der Waals surface area contributed by atoms with Crippen LogP contribution < -0.4 is 10.1 Å². The largest absolute Gasteiger partial charge is 0.490 e. The number of anilines is 1. The second-order valence-corrected chi connectivity index (χ2v) is 8.14. The number of thiazole rings is 1. The smallest absolute Gasteiger partial charge is 0.323 e. The molecule has 0 spiro atoms. The molecular formula is C20H24N4O3S. The highest BCUT2D eigenvalue weighted by Gasteiger charge is 2.26. The molecule has 1 aliphatic heterocycles. The van der Waals surface area contributed by atoms with Crippen LogP contribution in [0.3, 0.4) is 0 Å². The van der Waals surface area contributed by atoms with Crippen molar-refractivity contribution in [2.24, 2.45) is 0 Å². The van der Waals surface area contributed by atoms with Crippen LogP contribution in [0.5, 0.6) is 5.75 Å². The van der Waals surface area contributed by atoms with Crippen LogP contribution >= 0.6 is 11.3 Å². The third-order valence-corrected chi connectivity index (χ3v) is 5.14. The predicted molar refractivity (Wildman–Crippen MR) is 109 cm³/mol. The molecule has 2 amide bonds. The minimum atomic E-state index is -0.174. The van der Waals surface area contributed by atoms with Gasteiger partial charge in [0.15, 0.2) is 5.13 Å². The zero-order valence-corrected chi connectivity index (χ0v) is 17.2. The third kappa shape index (κ3) is 4.80. The zero-order chi connectivity index (χ0) is 20.3. The molecule has 1 aliphatic rings. The first-order valence-electron chi connectivity index (χ1n) is 9.24. The Bertz CT molecular complexity index is 880. The lowest BCUT2D eigenvalue weighted by molar-refractivity contribution is -0.0530. The van der Waals surface area contributed by atoms with Gasteiger partial charge in [-0.1, -0.05) is 17.4 Å². The molecule has 0 saturated carbocycles. The highest BCUT2D eigenvalue weighted by molar-refractivity contribution is 7.19. The summed E-state index contributed by atoms with van der Waals surface area (Å²) in [7, 11) is 0. The highest BCUT2D eigenvalue weighted by Crippen LogP contribution is 2.33. The van der Waals surface area contributed by atoms with Gasteiger partial charge >= 0.3 is 6.03 Å². The van der Waals surface area contributed by atoms with E-state index in [1.54, 1.807) is 17.2 Å². The van der Waals surface area contributed by atoms with Crippen molar-refractivity contribution in [2.45, 2.75) is 46.0 Å². The minimum Gasteiger partial charge on any atom is -0.490 e. The van der Waals surface area contributed by atoms with E-state index in [2.05, 4.69) is 16.4 Å². The van der Waals surface area contributed by atoms with Gasteiger partial charge in [0.1, 0.15) is 11.8 Å². The minimum absolute atomic E-state index is 0.0133. The normalized spacial score (nSPS) is 19.4. The molecule has 1 fully saturated rings. The quantitative estimate of drug-likeness (QED) is 0.834. The number of urea groups is 1. The third-order valence-electron chi connectivity index (χ3n) is 4.18. The van der Waals surface area contributed by atoms with E-state index in [9.17, 15) is 10.1 Å². The second kappa shape index (κ2) is 8.59. The molecule has 2 heterocycles. The van der Waals surface area contributed by atoms with Gasteiger partial charge < -0.3 is 14.4 Å². The van der Waals surface area contributed by atoms with Crippen molar-refractivity contribution in [3.8, 4) is 22.3 Å². The van der Waals surface area contributed by atoms with Gasteiger partial charge in [-0.15, -0.1) is 0 Å². The van der Waals surface area contributed by atoms with Crippen LogP contribution in [-0.4, -0.2) is 47.3 Å². The Morgan fingerprint density at radius 3 is 2.75 bits per heavy atom. The van der Waals surface area contributed by atoms with Gasteiger partial charge in [0, 0.05) is 19.3 Å². The lowest BCUT2D eigenvalue weighted by atomic mass is 10.1. The molecule has 1 saturated heterocycles. The predicted octanol–water partition coefficient (Wildman–Crippen LogP) is 4.11. The summed E-state index contributed by atoms with van der Waals surface area (Å²) in [6.07, 6.45) is 1.71. The van der Waals surface area contributed by atoms with Gasteiger partial charge in [-0.3, -0.25) is 5.32 Å². The summed E-state index contributed by atoms with van der Waals surface area (Å²) in [5.41, 5.74) is 1.38. The highest BCUT2D eigenvalue weighted by atomic mass is 32.1. The Morgan fingerprint density at radius 1 is 1.39 bits per heavy atom. The molecule has 0 radical (unpaired) electrons. The first kappa shape index (κ1) is 20.1. The molecular weight excluding hydrogens is 376 g/mol. The molecule has 3 rings (SSSR count). The SMILES string of the molecule is CC(C)Oc1cc(-c2cnc(NC(=O)N3C[C@@H](C)O[C@@H](C)C3)s2)ccc1C#N. The van der Waals surface area contributed by atoms with Gasteiger partial charge in [-0.05, 0) is 45.4 Å². The fourth-order valence-electron chi connectivity index (χ4n) is 3.10. The number of morpholine rings is 1. The maximum Gasteiger partial charge on any atom is 0.323 e. The van der Waals surface area contributed by atoms with Gasteiger partial charge in [0.05, 0.1) is 28.8 Å². The van der Waals surface area contributed by atoms with Crippen molar-refractivity contribution in [1.29, 1.82) is 5.26 Å². The fourth-order valence-corrected chi connectivity index (χ4v) is 3.90. The van der Waals surface area contributed by atoms with E-state index in [4.69, 9.17) is 9.47 Å². The molecule has 2 aromatic rings. The van der Waals surface area contributed by atoms with E-state index in [0.717, 1.165) is 10.4 Å². The Morgan fingerprint density at radius 2 is 2.11 bits per heavy atom. The van der Waals surface area contributed by atoms with E-state index in [-0.39, 0.29) is 24.3 Å². The Labute approximate surface area is 168 Å². The number of carbonyl (C=O) groups excluding carboxylic acids is 1. The van der Waals surface area contributed by atoms with Crippen LogP contribution in [0, 0.1) is 11.3 Å². The average Bonchev–Trinajstić information content (AvgIpc) is 3.08. The number of rotatable bonds is 4. The molecule has 0 unspecified atom stereocenters. The van der Waals surface area contributed by atoms with E-state index in [0.29, 0.717) is 29.5 Å². The number of nitriles is 1. The van der Waals surface area contributed by atoms with Crippen molar-refractivity contribution in [2.75, 3.05) is 18.4 Å². The molecule has 0 aliphatic carbocycles. The lowest BCUT2D eigenvalue weighted by Crippen LogP contribution is -2.49. The van der Waals surface area contributed by atoms with Crippen molar-refractivity contribution in [3.63, 3.8) is 0 Å². The molecule has 7 nitrogen and oxygen atoms in total. The maximum absolute atomic E-state index is 12.5. The first-order valence-corrected chi connectivity index (χ1v) is 10.1. The number of aromatic nitrogens is 1. The monoisotopic (exact) mass is 400 g/mol. The topological polar surface area (TPSA) is 87.5 Å². The van der Waals surface area contributed by atoms with Gasteiger partial charge in [0.25, 0.3) is 0 Å². The Hall–Kier alpha value is -2.63. The van der Waals surface area contributed by atoms with E-state index >= 15 is 0 Å². The number of nitrogens with one attached hydrogen (secondary N) is 1. The van der Waals surface area contributed by atoms with Crippen LogP contribution in [0.15, 0.2) is 24.4 Å². The molecule has 148 valence electrons. The molecule has 1 aromatic heterocycles. The van der Waals surface area contributed by atoms with Gasteiger partial charge in [0.2, 0.25) is 0 Å². The Kier molecular flexibility index (Phi) is 6.17. The second-order valence-electron chi connectivity index (χ2n) is 7.11. The number of ether oxygens (including phenoxy) is 2. The molecule has 8 heteroatoms. The van der Waals surface area contributed by atoms with Crippen LogP contribution in [0.1, 0.15) is 33.3 Å². The average molecular weight is 401 g/mol. The van der Waals surface area contributed by atoms with Crippen LogP contribution in [0.25, 0.3) is 10.4 Å². The summed E-state index contributed by atoms with van der Waals surface area (Å²) in [5, 5.41) is 12.7. The van der Waals surface area contributed by atoms with Crippen molar-refractivity contribution < 1.29 is 14.3 Å². The molecule has 2 atom stereocenters. The van der Waals surface area contributed by atoms with Crippen molar-refractivity contribution in [1.82, 2.24) is 9.88 Å². The Balaban J connectivity index is 1.73. The summed E-state index contributed by atoms with van der Waals surface area (Å²) >= 11 is 1.38. The van der Waals surface area contributed by atoms with Crippen LogP contribution in [0.2, 0.25) is 0 Å². The number of hydrogen-bond acceptors (Lipinski definition) is 6. The van der Waals surface area contributed by atoms with E-state index < -0.39 is 0 Å². The van der Waals surface area contributed by atoms with Crippen molar-refractivity contribution in [3.05, 3.63) is 30.0 Å². The number of amides is 2. The lowest BCUT2D eigenvalue weighted by Gasteiger charge is -2.34. The molecule has 28 heavy (non-hydrogen) atoms.